The van der Waals surface area contributed by atoms with E-state index in [0.717, 1.165) is 11.8 Å². The topological polar surface area (TPSA) is 20.2 Å². The van der Waals surface area contributed by atoms with Crippen molar-refractivity contribution in [2.75, 3.05) is 0 Å². The Morgan fingerprint density at radius 1 is 0.714 bits per heavy atom. The zero-order valence-corrected chi connectivity index (χ0v) is 8.99. The van der Waals surface area contributed by atoms with Crippen LogP contribution < -0.4 is 0 Å². The summed E-state index contributed by atoms with van der Waals surface area (Å²) in [6, 6.07) is 0. The number of hydrogen-bond acceptors (Lipinski definition) is 1. The van der Waals surface area contributed by atoms with Gasteiger partial charge in [-0.05, 0) is 42.9 Å². The summed E-state index contributed by atoms with van der Waals surface area (Å²) in [5.41, 5.74) is 0. The van der Waals surface area contributed by atoms with Crippen LogP contribution in [0, 0.1) is 23.7 Å². The molecule has 0 aromatic heterocycles. The lowest BCUT2D eigenvalue weighted by molar-refractivity contribution is 0.0174. The molecule has 3 rings (SSSR count). The van der Waals surface area contributed by atoms with Crippen molar-refractivity contribution in [3.05, 3.63) is 0 Å². The summed E-state index contributed by atoms with van der Waals surface area (Å²) in [5, 5.41) is 10.2. The van der Waals surface area contributed by atoms with E-state index in [-0.39, 0.29) is 6.10 Å². The summed E-state index contributed by atoms with van der Waals surface area (Å²) >= 11 is 0. The Morgan fingerprint density at radius 3 is 2.07 bits per heavy atom. The van der Waals surface area contributed by atoms with Crippen LogP contribution in [0.3, 0.4) is 0 Å². The molecule has 1 heteroatoms. The summed E-state index contributed by atoms with van der Waals surface area (Å²) in [6.45, 7) is 0. The van der Waals surface area contributed by atoms with E-state index in [1.807, 2.05) is 0 Å². The highest BCUT2D eigenvalue weighted by Gasteiger charge is 2.49. The van der Waals surface area contributed by atoms with Gasteiger partial charge in [0.1, 0.15) is 0 Å². The molecule has 0 saturated heterocycles. The molecule has 2 bridgehead atoms. The van der Waals surface area contributed by atoms with Crippen molar-refractivity contribution in [3.8, 4) is 0 Å². The van der Waals surface area contributed by atoms with Crippen LogP contribution in [-0.2, 0) is 0 Å². The monoisotopic (exact) mass is 194 g/mol. The largest absolute Gasteiger partial charge is 0.393 e. The van der Waals surface area contributed by atoms with Gasteiger partial charge in [-0.15, -0.1) is 0 Å². The van der Waals surface area contributed by atoms with E-state index in [1.165, 1.54) is 51.4 Å². The number of rotatable bonds is 1. The second-order valence-electron chi connectivity index (χ2n) is 5.80. The normalized spacial score (nSPS) is 48.6. The molecule has 80 valence electrons. The Balaban J connectivity index is 1.71. The van der Waals surface area contributed by atoms with Crippen LogP contribution in [0.1, 0.15) is 51.4 Å². The van der Waals surface area contributed by atoms with Gasteiger partial charge in [0.2, 0.25) is 0 Å². The minimum absolute atomic E-state index is 0.0804. The van der Waals surface area contributed by atoms with Gasteiger partial charge in [0.05, 0.1) is 6.10 Å². The first-order chi connectivity index (χ1) is 6.86. The van der Waals surface area contributed by atoms with Crippen LogP contribution >= 0.6 is 0 Å². The molecule has 3 aliphatic rings. The zero-order chi connectivity index (χ0) is 9.54. The van der Waals surface area contributed by atoms with Crippen LogP contribution in [0.5, 0.6) is 0 Å². The maximum atomic E-state index is 10.2. The minimum Gasteiger partial charge on any atom is -0.393 e. The van der Waals surface area contributed by atoms with Gasteiger partial charge in [-0.3, -0.25) is 0 Å². The van der Waals surface area contributed by atoms with Crippen LogP contribution in [0.4, 0.5) is 0 Å². The molecular weight excluding hydrogens is 172 g/mol. The lowest BCUT2D eigenvalue weighted by atomic mass is 9.71. The van der Waals surface area contributed by atoms with Crippen LogP contribution in [0.15, 0.2) is 0 Å². The molecule has 0 aromatic carbocycles. The lowest BCUT2D eigenvalue weighted by Crippen LogP contribution is -2.34. The summed E-state index contributed by atoms with van der Waals surface area (Å²) in [7, 11) is 0. The van der Waals surface area contributed by atoms with Gasteiger partial charge in [0.15, 0.2) is 0 Å². The number of aliphatic hydroxyl groups excluding tert-OH is 1. The quantitative estimate of drug-likeness (QED) is 0.680. The molecule has 0 aliphatic heterocycles. The average Bonchev–Trinajstić information content (AvgIpc) is 2.79. The molecule has 0 radical (unpaired) electrons. The van der Waals surface area contributed by atoms with Gasteiger partial charge in [-0.25, -0.2) is 0 Å². The molecule has 3 fully saturated rings. The maximum Gasteiger partial charge on any atom is 0.0601 e. The zero-order valence-electron chi connectivity index (χ0n) is 8.99. The number of aliphatic hydroxyl groups is 1. The molecule has 0 spiro atoms. The molecule has 0 unspecified atom stereocenters. The maximum absolute atomic E-state index is 10.2. The third-order valence-corrected chi connectivity index (χ3v) is 5.13. The van der Waals surface area contributed by atoms with E-state index in [2.05, 4.69) is 0 Å². The van der Waals surface area contributed by atoms with Gasteiger partial charge in [0, 0.05) is 0 Å². The minimum atomic E-state index is 0.0804. The van der Waals surface area contributed by atoms with Crippen LogP contribution in [0.2, 0.25) is 0 Å². The summed E-state index contributed by atoms with van der Waals surface area (Å²) in [6.07, 6.45) is 11.3. The van der Waals surface area contributed by atoms with Crippen molar-refractivity contribution in [2.24, 2.45) is 23.7 Å². The van der Waals surface area contributed by atoms with E-state index in [0.29, 0.717) is 11.8 Å². The fourth-order valence-electron chi connectivity index (χ4n) is 4.49. The van der Waals surface area contributed by atoms with Gasteiger partial charge in [0.25, 0.3) is 0 Å². The van der Waals surface area contributed by atoms with Crippen LogP contribution in [0.25, 0.3) is 0 Å². The second-order valence-corrected chi connectivity index (χ2v) is 5.80. The van der Waals surface area contributed by atoms with E-state index >= 15 is 0 Å². The fraction of sp³-hybridized carbons (Fsp3) is 1.00. The van der Waals surface area contributed by atoms with Crippen molar-refractivity contribution >= 4 is 0 Å². The third-order valence-electron chi connectivity index (χ3n) is 5.13. The van der Waals surface area contributed by atoms with Crippen molar-refractivity contribution < 1.29 is 5.11 Å². The predicted molar refractivity (Wildman–Crippen MR) is 56.9 cm³/mol. The Bertz CT molecular complexity index is 205. The molecule has 4 atom stereocenters. The summed E-state index contributed by atoms with van der Waals surface area (Å²) in [5.74, 6) is 3.17. The molecule has 3 saturated carbocycles. The molecule has 0 heterocycles. The average molecular weight is 194 g/mol. The van der Waals surface area contributed by atoms with E-state index < -0.39 is 0 Å². The first kappa shape index (κ1) is 9.21. The molecule has 1 N–H and O–H groups in total. The van der Waals surface area contributed by atoms with E-state index in [1.54, 1.807) is 0 Å². The fourth-order valence-corrected chi connectivity index (χ4v) is 4.49. The Kier molecular flexibility index (Phi) is 2.31. The first-order valence-corrected chi connectivity index (χ1v) is 6.54. The number of hydrogen-bond donors (Lipinski definition) is 1. The molecule has 3 aliphatic carbocycles. The van der Waals surface area contributed by atoms with Gasteiger partial charge in [-0.2, -0.15) is 0 Å². The van der Waals surface area contributed by atoms with Crippen molar-refractivity contribution in [1.29, 1.82) is 0 Å². The summed E-state index contributed by atoms with van der Waals surface area (Å²) < 4.78 is 0. The molecular formula is C13H22O. The SMILES string of the molecule is O[C@H]1[C@H]2CC[C@@H](C2)[C@@H]1C1CCCCC1. The molecule has 14 heavy (non-hydrogen) atoms. The van der Waals surface area contributed by atoms with Crippen LogP contribution in [-0.4, -0.2) is 11.2 Å². The molecule has 1 nitrogen and oxygen atoms in total. The molecule has 0 aromatic rings. The standard InChI is InChI=1S/C13H22O/c14-13-11-7-6-10(8-11)12(13)9-4-2-1-3-5-9/h9-14H,1-8H2/t10-,11-,12-,13-/m0/s1. The van der Waals surface area contributed by atoms with Crippen molar-refractivity contribution in [3.63, 3.8) is 0 Å². The Hall–Kier alpha value is -0.0400. The van der Waals surface area contributed by atoms with Gasteiger partial charge < -0.3 is 5.11 Å². The van der Waals surface area contributed by atoms with E-state index in [9.17, 15) is 5.11 Å². The molecule has 0 amide bonds. The van der Waals surface area contributed by atoms with Crippen molar-refractivity contribution in [2.45, 2.75) is 57.5 Å². The Labute approximate surface area is 86.9 Å². The van der Waals surface area contributed by atoms with Gasteiger partial charge in [-0.1, -0.05) is 32.1 Å². The smallest absolute Gasteiger partial charge is 0.0601 e. The highest BCUT2D eigenvalue weighted by atomic mass is 16.3. The first-order valence-electron chi connectivity index (χ1n) is 6.54. The highest BCUT2D eigenvalue weighted by Crippen LogP contribution is 2.53. The lowest BCUT2D eigenvalue weighted by Gasteiger charge is -2.36. The highest BCUT2D eigenvalue weighted by molar-refractivity contribution is 4.99. The second kappa shape index (κ2) is 3.52. The van der Waals surface area contributed by atoms with E-state index in [4.69, 9.17) is 0 Å². The summed E-state index contributed by atoms with van der Waals surface area (Å²) in [4.78, 5) is 0. The Morgan fingerprint density at radius 2 is 1.43 bits per heavy atom. The third kappa shape index (κ3) is 1.32. The predicted octanol–water partition coefficient (Wildman–Crippen LogP) is 2.97. The number of fused-ring (bicyclic) bond motifs is 2. The van der Waals surface area contributed by atoms with Crippen molar-refractivity contribution in [1.82, 2.24) is 0 Å². The van der Waals surface area contributed by atoms with Gasteiger partial charge >= 0.3 is 0 Å².